The molecule has 2 saturated heterocycles. The summed E-state index contributed by atoms with van der Waals surface area (Å²) in [7, 11) is 0. The van der Waals surface area contributed by atoms with Crippen LogP contribution in [0.25, 0.3) is 0 Å². The maximum absolute atomic E-state index is 13.0. The standard InChI is InChI=1S/C21H21ClFN3O2/c22-14-1-7-18(8-2-14)26-20(27)13-19(21(26)28)25-11-9-17(10-12-25)24-16-5-3-15(23)4-6-16/h1-8,17,19,24H,9-13H2/t19-/m1/s1. The molecule has 1 N–H and O–H groups in total. The molecule has 2 aliphatic heterocycles. The van der Waals surface area contributed by atoms with Crippen LogP contribution in [0.2, 0.25) is 5.02 Å². The third-order valence-corrected chi connectivity index (χ3v) is 5.64. The molecular formula is C21H21ClFN3O2. The molecule has 0 saturated carbocycles. The average molecular weight is 402 g/mol. The van der Waals surface area contributed by atoms with Crippen molar-refractivity contribution in [2.45, 2.75) is 31.3 Å². The Morgan fingerprint density at radius 3 is 2.25 bits per heavy atom. The molecule has 1 atom stereocenters. The number of benzene rings is 2. The zero-order chi connectivity index (χ0) is 19.7. The third-order valence-electron chi connectivity index (χ3n) is 5.39. The predicted molar refractivity (Wildman–Crippen MR) is 107 cm³/mol. The minimum absolute atomic E-state index is 0.169. The van der Waals surface area contributed by atoms with E-state index in [2.05, 4.69) is 10.2 Å². The lowest BCUT2D eigenvalue weighted by atomic mass is 10.0. The summed E-state index contributed by atoms with van der Waals surface area (Å²) in [6, 6.07) is 12.9. The van der Waals surface area contributed by atoms with Gasteiger partial charge in [0, 0.05) is 29.8 Å². The van der Waals surface area contributed by atoms with Gasteiger partial charge in [0.25, 0.3) is 5.91 Å². The summed E-state index contributed by atoms with van der Waals surface area (Å²) >= 11 is 5.90. The second-order valence-corrected chi connectivity index (χ2v) is 7.66. The van der Waals surface area contributed by atoms with Crippen molar-refractivity contribution in [1.82, 2.24) is 4.90 Å². The molecule has 0 bridgehead atoms. The van der Waals surface area contributed by atoms with Crippen molar-refractivity contribution in [2.24, 2.45) is 0 Å². The van der Waals surface area contributed by atoms with Gasteiger partial charge < -0.3 is 5.32 Å². The maximum atomic E-state index is 13.0. The van der Waals surface area contributed by atoms with E-state index in [1.807, 2.05) is 0 Å². The number of likely N-dealkylation sites (tertiary alicyclic amines) is 1. The SMILES string of the molecule is O=C1C[C@@H](N2CCC(Nc3ccc(F)cc3)CC2)C(=O)N1c1ccc(Cl)cc1. The number of carbonyl (C=O) groups is 2. The Morgan fingerprint density at radius 2 is 1.61 bits per heavy atom. The second-order valence-electron chi connectivity index (χ2n) is 7.23. The van der Waals surface area contributed by atoms with Crippen LogP contribution in [0.5, 0.6) is 0 Å². The monoisotopic (exact) mass is 401 g/mol. The summed E-state index contributed by atoms with van der Waals surface area (Å²) in [6.45, 7) is 1.47. The van der Waals surface area contributed by atoms with E-state index < -0.39 is 6.04 Å². The van der Waals surface area contributed by atoms with Crippen molar-refractivity contribution in [3.8, 4) is 0 Å². The molecular weight excluding hydrogens is 381 g/mol. The first-order chi connectivity index (χ1) is 13.5. The Labute approximate surface area is 168 Å². The van der Waals surface area contributed by atoms with E-state index in [-0.39, 0.29) is 30.1 Å². The van der Waals surface area contributed by atoms with Crippen LogP contribution < -0.4 is 10.2 Å². The number of hydrogen-bond acceptors (Lipinski definition) is 4. The normalized spacial score (nSPS) is 21.4. The fourth-order valence-corrected chi connectivity index (χ4v) is 4.03. The molecule has 146 valence electrons. The third kappa shape index (κ3) is 3.88. The lowest BCUT2D eigenvalue weighted by Crippen LogP contribution is -2.48. The highest BCUT2D eigenvalue weighted by Crippen LogP contribution is 2.28. The van der Waals surface area contributed by atoms with E-state index in [9.17, 15) is 14.0 Å². The van der Waals surface area contributed by atoms with Crippen LogP contribution in [0.1, 0.15) is 19.3 Å². The van der Waals surface area contributed by atoms with Crippen molar-refractivity contribution < 1.29 is 14.0 Å². The van der Waals surface area contributed by atoms with Gasteiger partial charge in [0.15, 0.2) is 0 Å². The number of nitrogens with one attached hydrogen (secondary N) is 1. The van der Waals surface area contributed by atoms with Crippen molar-refractivity contribution in [3.63, 3.8) is 0 Å². The van der Waals surface area contributed by atoms with Gasteiger partial charge >= 0.3 is 0 Å². The van der Waals surface area contributed by atoms with Crippen molar-refractivity contribution in [1.29, 1.82) is 0 Å². The molecule has 0 aromatic heterocycles. The van der Waals surface area contributed by atoms with Gasteiger partial charge in [0.1, 0.15) is 5.82 Å². The van der Waals surface area contributed by atoms with E-state index in [1.54, 1.807) is 36.4 Å². The molecule has 0 aliphatic carbocycles. The number of hydrogen-bond donors (Lipinski definition) is 1. The van der Waals surface area contributed by atoms with E-state index in [1.165, 1.54) is 17.0 Å². The van der Waals surface area contributed by atoms with Gasteiger partial charge in [-0.15, -0.1) is 0 Å². The Hall–Kier alpha value is -2.44. The molecule has 0 spiro atoms. The Bertz CT molecular complexity index is 864. The first-order valence-electron chi connectivity index (χ1n) is 9.40. The van der Waals surface area contributed by atoms with Gasteiger partial charge in [-0.2, -0.15) is 0 Å². The fraction of sp³-hybridized carbons (Fsp3) is 0.333. The zero-order valence-corrected chi connectivity index (χ0v) is 16.0. The van der Waals surface area contributed by atoms with Crippen LogP contribution in [-0.4, -0.2) is 41.9 Å². The van der Waals surface area contributed by atoms with Gasteiger partial charge in [-0.3, -0.25) is 14.5 Å². The largest absolute Gasteiger partial charge is 0.382 e. The van der Waals surface area contributed by atoms with Crippen molar-refractivity contribution in [3.05, 3.63) is 59.4 Å². The van der Waals surface area contributed by atoms with Gasteiger partial charge in [-0.05, 0) is 61.4 Å². The number of halogens is 2. The molecule has 0 radical (unpaired) electrons. The van der Waals surface area contributed by atoms with Gasteiger partial charge in [-0.25, -0.2) is 9.29 Å². The molecule has 0 unspecified atom stereocenters. The molecule has 7 heteroatoms. The lowest BCUT2D eigenvalue weighted by Gasteiger charge is -2.35. The number of piperidine rings is 1. The summed E-state index contributed by atoms with van der Waals surface area (Å²) in [5, 5.41) is 3.98. The topological polar surface area (TPSA) is 52.7 Å². The first kappa shape index (κ1) is 18.9. The highest BCUT2D eigenvalue weighted by molar-refractivity contribution is 6.30. The molecule has 2 aromatic rings. The minimum Gasteiger partial charge on any atom is -0.382 e. The molecule has 2 aliphatic rings. The highest BCUT2D eigenvalue weighted by Gasteiger charge is 2.43. The summed E-state index contributed by atoms with van der Waals surface area (Å²) in [4.78, 5) is 28.7. The van der Waals surface area contributed by atoms with Gasteiger partial charge in [-0.1, -0.05) is 11.6 Å². The number of anilines is 2. The molecule has 28 heavy (non-hydrogen) atoms. The maximum Gasteiger partial charge on any atom is 0.251 e. The Morgan fingerprint density at radius 1 is 0.964 bits per heavy atom. The smallest absolute Gasteiger partial charge is 0.251 e. The minimum atomic E-state index is -0.407. The number of rotatable bonds is 4. The van der Waals surface area contributed by atoms with Crippen molar-refractivity contribution in [2.75, 3.05) is 23.3 Å². The van der Waals surface area contributed by atoms with E-state index in [4.69, 9.17) is 11.6 Å². The molecule has 5 nitrogen and oxygen atoms in total. The molecule has 4 rings (SSSR count). The van der Waals surface area contributed by atoms with E-state index >= 15 is 0 Å². The van der Waals surface area contributed by atoms with Crippen LogP contribution in [-0.2, 0) is 9.59 Å². The summed E-state index contributed by atoms with van der Waals surface area (Å²) < 4.78 is 13.0. The summed E-state index contributed by atoms with van der Waals surface area (Å²) in [5.74, 6) is -0.601. The van der Waals surface area contributed by atoms with E-state index in [0.29, 0.717) is 10.7 Å². The Kier molecular flexibility index (Phi) is 5.33. The van der Waals surface area contributed by atoms with Crippen LogP contribution in [0.15, 0.2) is 48.5 Å². The van der Waals surface area contributed by atoms with Crippen molar-refractivity contribution >= 4 is 34.8 Å². The number of nitrogens with zero attached hydrogens (tertiary/aromatic N) is 2. The fourth-order valence-electron chi connectivity index (χ4n) is 3.90. The highest BCUT2D eigenvalue weighted by atomic mass is 35.5. The molecule has 2 aromatic carbocycles. The van der Waals surface area contributed by atoms with Gasteiger partial charge in [0.2, 0.25) is 5.91 Å². The summed E-state index contributed by atoms with van der Waals surface area (Å²) in [6.07, 6.45) is 1.92. The number of imide groups is 1. The van der Waals surface area contributed by atoms with Gasteiger partial charge in [0.05, 0.1) is 18.2 Å². The zero-order valence-electron chi connectivity index (χ0n) is 15.3. The lowest BCUT2D eigenvalue weighted by molar-refractivity contribution is -0.123. The Balaban J connectivity index is 1.37. The number of amides is 2. The number of carbonyl (C=O) groups excluding carboxylic acids is 2. The van der Waals surface area contributed by atoms with E-state index in [0.717, 1.165) is 31.6 Å². The molecule has 2 heterocycles. The van der Waals surface area contributed by atoms with Crippen LogP contribution >= 0.6 is 11.6 Å². The van der Waals surface area contributed by atoms with Crippen LogP contribution in [0.4, 0.5) is 15.8 Å². The summed E-state index contributed by atoms with van der Waals surface area (Å²) in [5.41, 5.74) is 1.45. The first-order valence-corrected chi connectivity index (χ1v) is 9.77. The average Bonchev–Trinajstić information content (AvgIpc) is 2.99. The molecule has 2 amide bonds. The second kappa shape index (κ2) is 7.89. The van der Waals surface area contributed by atoms with Crippen LogP contribution in [0.3, 0.4) is 0 Å². The van der Waals surface area contributed by atoms with Crippen LogP contribution in [0, 0.1) is 5.82 Å². The quantitative estimate of drug-likeness (QED) is 0.794. The predicted octanol–water partition coefficient (Wildman–Crippen LogP) is 3.69. The molecule has 2 fully saturated rings.